The molecule has 2 aromatic rings. The zero-order chi connectivity index (χ0) is 14.4. The van der Waals surface area contributed by atoms with Gasteiger partial charge in [0.1, 0.15) is 23.9 Å². The highest BCUT2D eigenvalue weighted by Gasteiger charge is 2.05. The lowest BCUT2D eigenvalue weighted by atomic mass is 10.3. The first-order valence-corrected chi connectivity index (χ1v) is 6.95. The first-order chi connectivity index (χ1) is 9.70. The second-order valence-corrected chi connectivity index (χ2v) is 4.90. The molecule has 0 aromatic heterocycles. The van der Waals surface area contributed by atoms with Crippen molar-refractivity contribution in [1.29, 1.82) is 0 Å². The summed E-state index contributed by atoms with van der Waals surface area (Å²) >= 11 is 3.30. The molecule has 2 aromatic carbocycles. The minimum absolute atomic E-state index is 0.288. The summed E-state index contributed by atoms with van der Waals surface area (Å²) in [6.45, 7) is 0.943. The fourth-order valence-corrected chi connectivity index (χ4v) is 2.17. The van der Waals surface area contributed by atoms with E-state index in [1.807, 2.05) is 24.3 Å². The Balaban J connectivity index is 1.81. The van der Waals surface area contributed by atoms with Gasteiger partial charge in [-0.2, -0.15) is 0 Å². The summed E-state index contributed by atoms with van der Waals surface area (Å²) in [5, 5.41) is 3.00. The minimum atomic E-state index is -0.288. The van der Waals surface area contributed by atoms with Crippen molar-refractivity contribution in [3.8, 4) is 11.5 Å². The Labute approximate surface area is 125 Å². The zero-order valence-corrected chi connectivity index (χ0v) is 12.6. The van der Waals surface area contributed by atoms with Crippen LogP contribution in [0.5, 0.6) is 11.5 Å². The maximum Gasteiger partial charge on any atom is 0.147 e. The van der Waals surface area contributed by atoms with Gasteiger partial charge >= 0.3 is 0 Å². The van der Waals surface area contributed by atoms with E-state index in [4.69, 9.17) is 9.47 Å². The van der Waals surface area contributed by atoms with Crippen molar-refractivity contribution in [1.82, 2.24) is 0 Å². The van der Waals surface area contributed by atoms with Crippen LogP contribution in [0, 0.1) is 5.82 Å². The van der Waals surface area contributed by atoms with Crippen LogP contribution in [0.1, 0.15) is 0 Å². The first kappa shape index (κ1) is 14.7. The number of hydrogen-bond donors (Lipinski definition) is 1. The lowest BCUT2D eigenvalue weighted by Crippen LogP contribution is -2.12. The molecule has 0 heterocycles. The Morgan fingerprint density at radius 1 is 1.10 bits per heavy atom. The van der Waals surface area contributed by atoms with Crippen LogP contribution in [0.15, 0.2) is 46.9 Å². The van der Waals surface area contributed by atoms with Crippen LogP contribution < -0.4 is 14.8 Å². The van der Waals surface area contributed by atoms with E-state index in [0.717, 1.165) is 11.5 Å². The molecule has 106 valence electrons. The third-order valence-corrected chi connectivity index (χ3v) is 3.36. The molecule has 0 aliphatic rings. The number of benzene rings is 2. The van der Waals surface area contributed by atoms with Gasteiger partial charge in [-0.25, -0.2) is 4.39 Å². The number of ether oxygens (including phenoxy) is 2. The molecule has 20 heavy (non-hydrogen) atoms. The summed E-state index contributed by atoms with van der Waals surface area (Å²) in [5.74, 6) is 1.25. The summed E-state index contributed by atoms with van der Waals surface area (Å²) in [7, 11) is 1.62. The lowest BCUT2D eigenvalue weighted by molar-refractivity contribution is 0.331. The summed E-state index contributed by atoms with van der Waals surface area (Å²) < 4.78 is 24.8. The molecule has 0 aliphatic carbocycles. The molecule has 0 aliphatic heterocycles. The standard InChI is InChI=1S/C15H15BrFNO2/c1-19-11-5-7-12(8-6-11)20-10-9-18-15-13(16)3-2-4-14(15)17/h2-8,18H,9-10H2,1H3. The molecule has 0 bridgehead atoms. The van der Waals surface area contributed by atoms with Crippen LogP contribution in [0.2, 0.25) is 0 Å². The molecular formula is C15H15BrFNO2. The summed E-state index contributed by atoms with van der Waals surface area (Å²) in [6.07, 6.45) is 0. The van der Waals surface area contributed by atoms with Crippen LogP contribution in [-0.2, 0) is 0 Å². The molecule has 0 radical (unpaired) electrons. The molecule has 0 unspecified atom stereocenters. The van der Waals surface area contributed by atoms with Crippen molar-refractivity contribution in [2.45, 2.75) is 0 Å². The fraction of sp³-hybridized carbons (Fsp3) is 0.200. The van der Waals surface area contributed by atoms with E-state index in [-0.39, 0.29) is 5.82 Å². The van der Waals surface area contributed by atoms with E-state index < -0.39 is 0 Å². The van der Waals surface area contributed by atoms with E-state index in [1.54, 1.807) is 19.2 Å². The topological polar surface area (TPSA) is 30.5 Å². The van der Waals surface area contributed by atoms with Crippen LogP contribution >= 0.6 is 15.9 Å². The number of anilines is 1. The van der Waals surface area contributed by atoms with E-state index >= 15 is 0 Å². The third kappa shape index (κ3) is 3.87. The molecule has 0 atom stereocenters. The molecular weight excluding hydrogens is 325 g/mol. The van der Waals surface area contributed by atoms with Gasteiger partial charge in [0.05, 0.1) is 12.8 Å². The molecule has 0 saturated heterocycles. The molecule has 1 N–H and O–H groups in total. The highest BCUT2D eigenvalue weighted by atomic mass is 79.9. The number of para-hydroxylation sites is 1. The fourth-order valence-electron chi connectivity index (χ4n) is 1.68. The van der Waals surface area contributed by atoms with Crippen molar-refractivity contribution < 1.29 is 13.9 Å². The Hall–Kier alpha value is -1.75. The molecule has 0 saturated carbocycles. The van der Waals surface area contributed by atoms with E-state index in [0.29, 0.717) is 23.3 Å². The summed E-state index contributed by atoms with van der Waals surface area (Å²) in [6, 6.07) is 12.2. The molecule has 5 heteroatoms. The molecule has 0 amide bonds. The van der Waals surface area contributed by atoms with Crippen molar-refractivity contribution in [3.63, 3.8) is 0 Å². The van der Waals surface area contributed by atoms with Crippen LogP contribution in [0.4, 0.5) is 10.1 Å². The largest absolute Gasteiger partial charge is 0.497 e. The lowest BCUT2D eigenvalue weighted by Gasteiger charge is -2.11. The number of halogens is 2. The van der Waals surface area contributed by atoms with Crippen molar-refractivity contribution >= 4 is 21.6 Å². The average molecular weight is 340 g/mol. The Morgan fingerprint density at radius 2 is 1.80 bits per heavy atom. The van der Waals surface area contributed by atoms with E-state index in [9.17, 15) is 4.39 Å². The number of hydrogen-bond acceptors (Lipinski definition) is 3. The predicted octanol–water partition coefficient (Wildman–Crippen LogP) is 4.09. The number of methoxy groups -OCH3 is 1. The van der Waals surface area contributed by atoms with E-state index in [1.165, 1.54) is 6.07 Å². The highest BCUT2D eigenvalue weighted by molar-refractivity contribution is 9.10. The second kappa shape index (κ2) is 7.14. The molecule has 0 spiro atoms. The summed E-state index contributed by atoms with van der Waals surface area (Å²) in [4.78, 5) is 0. The monoisotopic (exact) mass is 339 g/mol. The normalized spacial score (nSPS) is 10.2. The van der Waals surface area contributed by atoms with Crippen LogP contribution in [0.25, 0.3) is 0 Å². The molecule has 3 nitrogen and oxygen atoms in total. The van der Waals surface area contributed by atoms with Gasteiger partial charge in [0.2, 0.25) is 0 Å². The Kier molecular flexibility index (Phi) is 5.24. The molecule has 0 fully saturated rings. The van der Waals surface area contributed by atoms with Crippen LogP contribution in [0.3, 0.4) is 0 Å². The van der Waals surface area contributed by atoms with Crippen molar-refractivity contribution in [3.05, 3.63) is 52.8 Å². The SMILES string of the molecule is COc1ccc(OCCNc2c(F)cccc2Br)cc1. The number of rotatable bonds is 6. The average Bonchev–Trinajstić information content (AvgIpc) is 2.46. The van der Waals surface area contributed by atoms with Gasteiger partial charge in [-0.15, -0.1) is 0 Å². The van der Waals surface area contributed by atoms with Crippen molar-refractivity contribution in [2.24, 2.45) is 0 Å². The predicted molar refractivity (Wildman–Crippen MR) is 81.1 cm³/mol. The van der Waals surface area contributed by atoms with Gasteiger partial charge in [-0.05, 0) is 52.3 Å². The van der Waals surface area contributed by atoms with Crippen LogP contribution in [-0.4, -0.2) is 20.3 Å². The smallest absolute Gasteiger partial charge is 0.147 e. The Bertz CT molecular complexity index is 540. The van der Waals surface area contributed by atoms with E-state index in [2.05, 4.69) is 21.2 Å². The van der Waals surface area contributed by atoms with Gasteiger partial charge in [0.15, 0.2) is 0 Å². The van der Waals surface area contributed by atoms with Gasteiger partial charge in [0, 0.05) is 11.0 Å². The van der Waals surface area contributed by atoms with Crippen molar-refractivity contribution in [2.75, 3.05) is 25.6 Å². The second-order valence-electron chi connectivity index (χ2n) is 4.05. The van der Waals surface area contributed by atoms with Gasteiger partial charge in [-0.1, -0.05) is 6.07 Å². The highest BCUT2D eigenvalue weighted by Crippen LogP contribution is 2.24. The quantitative estimate of drug-likeness (QED) is 0.804. The van der Waals surface area contributed by atoms with Gasteiger partial charge in [0.25, 0.3) is 0 Å². The summed E-state index contributed by atoms with van der Waals surface area (Å²) in [5.41, 5.74) is 0.450. The zero-order valence-electron chi connectivity index (χ0n) is 11.0. The maximum absolute atomic E-state index is 13.5. The third-order valence-electron chi connectivity index (χ3n) is 2.69. The molecule has 2 rings (SSSR count). The first-order valence-electron chi connectivity index (χ1n) is 6.15. The van der Waals surface area contributed by atoms with Gasteiger partial charge in [-0.3, -0.25) is 0 Å². The Morgan fingerprint density at radius 3 is 2.45 bits per heavy atom. The number of nitrogens with one attached hydrogen (secondary N) is 1. The van der Waals surface area contributed by atoms with Gasteiger partial charge < -0.3 is 14.8 Å². The maximum atomic E-state index is 13.5. The minimum Gasteiger partial charge on any atom is -0.497 e.